The molecule has 6 heteroatoms. The van der Waals surface area contributed by atoms with Gasteiger partial charge in [-0.1, -0.05) is 36.8 Å². The number of alkyl halides is 3. The topological polar surface area (TPSA) is 32.3 Å². The Morgan fingerprint density at radius 3 is 2.31 bits per heavy atom. The fourth-order valence-corrected chi connectivity index (χ4v) is 3.74. The quantitative estimate of drug-likeness (QED) is 0.577. The molecule has 156 valence electrons. The molecule has 3 rings (SSSR count). The number of carbonyl (C=O) groups excluding carboxylic acids is 1. The number of nitrogens with one attached hydrogen (secondary N) is 1. The minimum Gasteiger partial charge on any atom is -0.326 e. The van der Waals surface area contributed by atoms with E-state index in [9.17, 15) is 18.0 Å². The fraction of sp³-hybridized carbons (Fsp3) is 0.435. The molecule has 2 aromatic carbocycles. The summed E-state index contributed by atoms with van der Waals surface area (Å²) < 4.78 is 39.6. The molecule has 0 saturated carbocycles. The summed E-state index contributed by atoms with van der Waals surface area (Å²) in [7, 11) is 0. The maximum atomic E-state index is 13.2. The number of likely N-dealkylation sites (tertiary alicyclic amines) is 1. The standard InChI is InChI=1S/C23H27F3N2O/c24-23(25,26)21-9-3-2-8-20(21)18-11-13-19(14-12-18)27-22(29)10-4-7-17-28-15-5-1-6-16-28/h2-3,8-9,11-14H,1,4-7,10,15-17H2,(H,27,29). The van der Waals surface area contributed by atoms with Crippen molar-refractivity contribution in [3.63, 3.8) is 0 Å². The van der Waals surface area contributed by atoms with Gasteiger partial charge in [-0.25, -0.2) is 0 Å². The number of piperidine rings is 1. The van der Waals surface area contributed by atoms with Gasteiger partial charge in [-0.15, -0.1) is 0 Å². The number of hydrogen-bond donors (Lipinski definition) is 1. The van der Waals surface area contributed by atoms with Gasteiger partial charge in [0.15, 0.2) is 0 Å². The predicted octanol–water partition coefficient (Wildman–Crippen LogP) is 5.97. The Hall–Kier alpha value is -2.34. The number of amides is 1. The third-order valence-electron chi connectivity index (χ3n) is 5.29. The average molecular weight is 404 g/mol. The van der Waals surface area contributed by atoms with E-state index in [0.29, 0.717) is 17.7 Å². The first-order valence-corrected chi connectivity index (χ1v) is 10.2. The molecule has 1 saturated heterocycles. The Morgan fingerprint density at radius 1 is 0.931 bits per heavy atom. The van der Waals surface area contributed by atoms with E-state index in [1.807, 2.05) is 0 Å². The second kappa shape index (κ2) is 9.92. The van der Waals surface area contributed by atoms with Crippen LogP contribution in [0.15, 0.2) is 48.5 Å². The van der Waals surface area contributed by atoms with Gasteiger partial charge in [0, 0.05) is 12.1 Å². The van der Waals surface area contributed by atoms with Gasteiger partial charge in [0.05, 0.1) is 5.56 Å². The lowest BCUT2D eigenvalue weighted by atomic mass is 9.99. The molecule has 1 aliphatic rings. The molecular formula is C23H27F3N2O. The monoisotopic (exact) mass is 404 g/mol. The molecule has 29 heavy (non-hydrogen) atoms. The second-order valence-corrected chi connectivity index (χ2v) is 7.53. The van der Waals surface area contributed by atoms with Crippen LogP contribution in [0.2, 0.25) is 0 Å². The highest BCUT2D eigenvalue weighted by molar-refractivity contribution is 5.91. The van der Waals surface area contributed by atoms with E-state index >= 15 is 0 Å². The molecule has 2 aromatic rings. The largest absolute Gasteiger partial charge is 0.417 e. The first kappa shape index (κ1) is 21.4. The summed E-state index contributed by atoms with van der Waals surface area (Å²) in [4.78, 5) is 14.6. The van der Waals surface area contributed by atoms with Crippen LogP contribution in [-0.4, -0.2) is 30.4 Å². The van der Waals surface area contributed by atoms with Crippen LogP contribution in [0, 0.1) is 0 Å². The predicted molar refractivity (Wildman–Crippen MR) is 110 cm³/mol. The number of unbranched alkanes of at least 4 members (excludes halogenated alkanes) is 1. The van der Waals surface area contributed by atoms with Crippen LogP contribution in [-0.2, 0) is 11.0 Å². The zero-order valence-electron chi connectivity index (χ0n) is 16.5. The number of anilines is 1. The smallest absolute Gasteiger partial charge is 0.326 e. The normalized spacial score (nSPS) is 15.3. The summed E-state index contributed by atoms with van der Waals surface area (Å²) in [6.07, 6.45) is 1.73. The van der Waals surface area contributed by atoms with Gasteiger partial charge in [0.25, 0.3) is 0 Å². The van der Waals surface area contributed by atoms with Crippen LogP contribution >= 0.6 is 0 Å². The summed E-state index contributed by atoms with van der Waals surface area (Å²) in [5.74, 6) is -0.0629. The molecule has 1 aliphatic heterocycles. The third kappa shape index (κ3) is 6.32. The van der Waals surface area contributed by atoms with Crippen molar-refractivity contribution in [2.75, 3.05) is 25.0 Å². The highest BCUT2D eigenvalue weighted by Crippen LogP contribution is 2.37. The van der Waals surface area contributed by atoms with Crippen molar-refractivity contribution in [1.29, 1.82) is 0 Å². The van der Waals surface area contributed by atoms with Crippen LogP contribution in [0.25, 0.3) is 11.1 Å². The van der Waals surface area contributed by atoms with Crippen molar-refractivity contribution < 1.29 is 18.0 Å². The minimum atomic E-state index is -4.41. The van der Waals surface area contributed by atoms with Crippen LogP contribution in [0.4, 0.5) is 18.9 Å². The van der Waals surface area contributed by atoms with Gasteiger partial charge in [0.1, 0.15) is 0 Å². The lowest BCUT2D eigenvalue weighted by Crippen LogP contribution is -2.30. The second-order valence-electron chi connectivity index (χ2n) is 7.53. The molecular weight excluding hydrogens is 377 g/mol. The number of hydrogen-bond acceptors (Lipinski definition) is 2. The van der Waals surface area contributed by atoms with Crippen molar-refractivity contribution in [3.05, 3.63) is 54.1 Å². The number of nitrogens with zero attached hydrogens (tertiary/aromatic N) is 1. The van der Waals surface area contributed by atoms with Gasteiger partial charge in [-0.3, -0.25) is 4.79 Å². The molecule has 0 radical (unpaired) electrons. The van der Waals surface area contributed by atoms with Crippen LogP contribution < -0.4 is 5.32 Å². The summed E-state index contributed by atoms with van der Waals surface area (Å²) in [6, 6.07) is 12.0. The van der Waals surface area contributed by atoms with Crippen molar-refractivity contribution in [3.8, 4) is 11.1 Å². The molecule has 0 spiro atoms. The van der Waals surface area contributed by atoms with Crippen LogP contribution in [0.1, 0.15) is 44.1 Å². The number of carbonyl (C=O) groups is 1. The Morgan fingerprint density at radius 2 is 1.62 bits per heavy atom. The van der Waals surface area contributed by atoms with E-state index in [0.717, 1.165) is 38.5 Å². The molecule has 1 heterocycles. The maximum absolute atomic E-state index is 13.2. The first-order chi connectivity index (χ1) is 13.9. The SMILES string of the molecule is O=C(CCCCN1CCCCC1)Nc1ccc(-c2ccccc2C(F)(F)F)cc1. The van der Waals surface area contributed by atoms with Gasteiger partial charge >= 0.3 is 6.18 Å². The van der Waals surface area contributed by atoms with E-state index in [-0.39, 0.29) is 11.5 Å². The Kier molecular flexibility index (Phi) is 7.31. The summed E-state index contributed by atoms with van der Waals surface area (Å²) in [5, 5.41) is 2.83. The van der Waals surface area contributed by atoms with E-state index in [4.69, 9.17) is 0 Å². The number of halogens is 3. The van der Waals surface area contributed by atoms with E-state index in [1.54, 1.807) is 30.3 Å². The molecule has 0 bridgehead atoms. The Labute approximate surface area is 169 Å². The lowest BCUT2D eigenvalue weighted by molar-refractivity contribution is -0.137. The van der Waals surface area contributed by atoms with Crippen molar-refractivity contribution in [1.82, 2.24) is 4.90 Å². The molecule has 0 aliphatic carbocycles. The summed E-state index contributed by atoms with van der Waals surface area (Å²) >= 11 is 0. The minimum absolute atomic E-state index is 0.0629. The van der Waals surface area contributed by atoms with Crippen LogP contribution in [0.5, 0.6) is 0 Å². The molecule has 0 atom stereocenters. The van der Waals surface area contributed by atoms with Gasteiger partial charge in [-0.2, -0.15) is 13.2 Å². The molecule has 1 N–H and O–H groups in total. The summed E-state index contributed by atoms with van der Waals surface area (Å²) in [6.45, 7) is 3.37. The maximum Gasteiger partial charge on any atom is 0.417 e. The van der Waals surface area contributed by atoms with E-state index in [1.165, 1.54) is 31.4 Å². The van der Waals surface area contributed by atoms with E-state index in [2.05, 4.69) is 10.2 Å². The van der Waals surface area contributed by atoms with Gasteiger partial charge in [0.2, 0.25) is 5.91 Å². The highest BCUT2D eigenvalue weighted by atomic mass is 19.4. The van der Waals surface area contributed by atoms with Gasteiger partial charge in [-0.05, 0) is 74.6 Å². The summed E-state index contributed by atoms with van der Waals surface area (Å²) in [5.41, 5.74) is 0.540. The van der Waals surface area contributed by atoms with Gasteiger partial charge < -0.3 is 10.2 Å². The lowest BCUT2D eigenvalue weighted by Gasteiger charge is -2.26. The Bertz CT molecular complexity index is 797. The number of rotatable bonds is 7. The average Bonchev–Trinajstić information content (AvgIpc) is 2.72. The molecule has 1 amide bonds. The molecule has 0 aromatic heterocycles. The van der Waals surface area contributed by atoms with Crippen molar-refractivity contribution >= 4 is 11.6 Å². The highest BCUT2D eigenvalue weighted by Gasteiger charge is 2.33. The van der Waals surface area contributed by atoms with Crippen molar-refractivity contribution in [2.45, 2.75) is 44.7 Å². The Balaban J connectivity index is 1.50. The number of benzene rings is 2. The van der Waals surface area contributed by atoms with E-state index < -0.39 is 11.7 Å². The molecule has 1 fully saturated rings. The van der Waals surface area contributed by atoms with Crippen molar-refractivity contribution in [2.24, 2.45) is 0 Å². The third-order valence-corrected chi connectivity index (χ3v) is 5.29. The molecule has 3 nitrogen and oxygen atoms in total. The molecule has 0 unspecified atom stereocenters. The zero-order valence-corrected chi connectivity index (χ0v) is 16.5. The van der Waals surface area contributed by atoms with Crippen LogP contribution in [0.3, 0.4) is 0 Å². The zero-order chi connectivity index (χ0) is 20.7. The fourth-order valence-electron chi connectivity index (χ4n) is 3.74. The first-order valence-electron chi connectivity index (χ1n) is 10.2.